The van der Waals surface area contributed by atoms with Gasteiger partial charge in [-0.15, -0.1) is 10.2 Å². The van der Waals surface area contributed by atoms with Gasteiger partial charge in [-0.05, 0) is 37.7 Å². The monoisotopic (exact) mass is 340 g/mol. The summed E-state index contributed by atoms with van der Waals surface area (Å²) in [7, 11) is 3.95. The third kappa shape index (κ3) is 3.12. The van der Waals surface area contributed by atoms with Crippen molar-refractivity contribution in [2.24, 2.45) is 7.05 Å². The van der Waals surface area contributed by atoms with E-state index in [2.05, 4.69) is 31.3 Å². The summed E-state index contributed by atoms with van der Waals surface area (Å²) in [5.41, 5.74) is 2.14. The lowest BCUT2D eigenvalue weighted by Gasteiger charge is -2.13. The van der Waals surface area contributed by atoms with Crippen molar-refractivity contribution in [1.82, 2.24) is 29.8 Å². The Morgan fingerprint density at radius 2 is 2.12 bits per heavy atom. The van der Waals surface area contributed by atoms with Crippen LogP contribution in [-0.2, 0) is 26.6 Å². The molecule has 0 unspecified atom stereocenters. The molecule has 0 N–H and O–H groups in total. The molecule has 1 aromatic carbocycles. The zero-order chi connectivity index (χ0) is 17.4. The molecule has 130 valence electrons. The van der Waals surface area contributed by atoms with Crippen molar-refractivity contribution >= 4 is 0 Å². The Hall–Kier alpha value is -2.74. The number of ether oxygens (including phenoxy) is 1. The molecular weight excluding hydrogens is 320 g/mol. The molecule has 0 atom stereocenters. The topological polar surface area (TPSA) is 82.1 Å². The van der Waals surface area contributed by atoms with E-state index in [0.29, 0.717) is 24.8 Å². The average Bonchev–Trinajstić information content (AvgIpc) is 3.31. The van der Waals surface area contributed by atoms with Crippen LogP contribution < -0.4 is 4.74 Å². The average molecular weight is 340 g/mol. The third-order valence-electron chi connectivity index (χ3n) is 4.41. The Balaban J connectivity index is 1.45. The van der Waals surface area contributed by atoms with Gasteiger partial charge < -0.3 is 13.8 Å². The number of rotatable bonds is 5. The van der Waals surface area contributed by atoms with Crippen molar-refractivity contribution in [3.05, 3.63) is 41.3 Å². The van der Waals surface area contributed by atoms with Crippen LogP contribution in [0.4, 0.5) is 0 Å². The van der Waals surface area contributed by atoms with Gasteiger partial charge in [0.2, 0.25) is 11.7 Å². The predicted octanol–water partition coefficient (Wildman–Crippen LogP) is 1.74. The van der Waals surface area contributed by atoms with Crippen molar-refractivity contribution in [1.29, 1.82) is 0 Å². The molecule has 1 aliphatic heterocycles. The molecule has 2 aromatic heterocycles. The molecule has 8 nitrogen and oxygen atoms in total. The van der Waals surface area contributed by atoms with Crippen LogP contribution >= 0.6 is 0 Å². The molecule has 1 aliphatic rings. The largest absolute Gasteiger partial charge is 0.493 e. The second-order valence-electron chi connectivity index (χ2n) is 6.33. The van der Waals surface area contributed by atoms with Gasteiger partial charge in [0.1, 0.15) is 17.4 Å². The minimum Gasteiger partial charge on any atom is -0.493 e. The van der Waals surface area contributed by atoms with Crippen LogP contribution in [0.3, 0.4) is 0 Å². The smallest absolute Gasteiger partial charge is 0.241 e. The number of aryl methyl sites for hydroxylation is 1. The number of fused-ring (bicyclic) bond motifs is 1. The van der Waals surface area contributed by atoms with Crippen molar-refractivity contribution in [3.8, 4) is 17.1 Å². The first-order chi connectivity index (χ1) is 12.1. The van der Waals surface area contributed by atoms with E-state index in [1.807, 2.05) is 37.7 Å². The molecule has 0 spiro atoms. The van der Waals surface area contributed by atoms with Gasteiger partial charge in [0.05, 0.1) is 19.7 Å². The van der Waals surface area contributed by atoms with Crippen molar-refractivity contribution in [2.75, 3.05) is 13.7 Å². The quantitative estimate of drug-likeness (QED) is 0.699. The molecular formula is C17H20N6O2. The fraction of sp³-hybridized carbons (Fsp3) is 0.412. The van der Waals surface area contributed by atoms with E-state index >= 15 is 0 Å². The summed E-state index contributed by atoms with van der Waals surface area (Å²) in [5, 5.41) is 12.4. The van der Waals surface area contributed by atoms with Crippen molar-refractivity contribution in [3.63, 3.8) is 0 Å². The number of hydrogen-bond donors (Lipinski definition) is 0. The van der Waals surface area contributed by atoms with Crippen LogP contribution in [0, 0.1) is 6.92 Å². The van der Waals surface area contributed by atoms with Crippen LogP contribution in [0.15, 0.2) is 22.7 Å². The molecule has 3 heterocycles. The number of nitrogens with zero attached hydrogens (tertiary/aromatic N) is 6. The summed E-state index contributed by atoms with van der Waals surface area (Å²) < 4.78 is 12.9. The molecule has 0 radical (unpaired) electrons. The van der Waals surface area contributed by atoms with Crippen molar-refractivity contribution < 1.29 is 9.26 Å². The molecule has 0 aliphatic carbocycles. The first-order valence-electron chi connectivity index (χ1n) is 8.22. The molecule has 0 fully saturated rings. The van der Waals surface area contributed by atoms with Gasteiger partial charge in [0.15, 0.2) is 0 Å². The lowest BCUT2D eigenvalue weighted by atomic mass is 10.1. The molecule has 25 heavy (non-hydrogen) atoms. The van der Waals surface area contributed by atoms with Gasteiger partial charge in [-0.25, -0.2) is 0 Å². The lowest BCUT2D eigenvalue weighted by Crippen LogP contribution is -2.20. The van der Waals surface area contributed by atoms with Gasteiger partial charge in [-0.3, -0.25) is 4.90 Å². The summed E-state index contributed by atoms with van der Waals surface area (Å²) in [6, 6.07) is 6.00. The number of hydrogen-bond acceptors (Lipinski definition) is 7. The molecule has 0 amide bonds. The van der Waals surface area contributed by atoms with Gasteiger partial charge in [0.25, 0.3) is 0 Å². The lowest BCUT2D eigenvalue weighted by molar-refractivity contribution is 0.254. The Morgan fingerprint density at radius 1 is 1.24 bits per heavy atom. The van der Waals surface area contributed by atoms with E-state index in [9.17, 15) is 0 Å². The first-order valence-corrected chi connectivity index (χ1v) is 8.22. The van der Waals surface area contributed by atoms with E-state index in [0.717, 1.165) is 36.0 Å². The highest BCUT2D eigenvalue weighted by molar-refractivity contribution is 5.59. The maximum absolute atomic E-state index is 5.53. The van der Waals surface area contributed by atoms with E-state index in [1.165, 1.54) is 5.56 Å². The molecule has 0 saturated heterocycles. The standard InChI is InChI=1S/C17H20N6O2/c1-11-19-20-15(23(11)3)9-22(2)10-16-18-17(21-25-16)13-4-5-14-12(8-13)6-7-24-14/h4-5,8H,6-7,9-10H2,1-3H3. The second-order valence-corrected chi connectivity index (χ2v) is 6.33. The number of aromatic nitrogens is 5. The van der Waals surface area contributed by atoms with Gasteiger partial charge in [0, 0.05) is 19.0 Å². The zero-order valence-electron chi connectivity index (χ0n) is 14.6. The summed E-state index contributed by atoms with van der Waals surface area (Å²) >= 11 is 0. The predicted molar refractivity (Wildman–Crippen MR) is 89.8 cm³/mol. The van der Waals surface area contributed by atoms with Crippen LogP contribution in [0.2, 0.25) is 0 Å². The molecule has 0 bridgehead atoms. The fourth-order valence-corrected chi connectivity index (χ4v) is 2.88. The normalized spacial score (nSPS) is 13.3. The maximum atomic E-state index is 5.53. The van der Waals surface area contributed by atoms with Crippen LogP contribution in [-0.4, -0.2) is 43.5 Å². The summed E-state index contributed by atoms with van der Waals surface area (Å²) in [6.45, 7) is 3.88. The van der Waals surface area contributed by atoms with Crippen LogP contribution in [0.1, 0.15) is 23.1 Å². The highest BCUT2D eigenvalue weighted by Gasteiger charge is 2.16. The summed E-state index contributed by atoms with van der Waals surface area (Å²) in [6.07, 6.45) is 0.924. The van der Waals surface area contributed by atoms with Crippen LogP contribution in [0.25, 0.3) is 11.4 Å². The zero-order valence-corrected chi connectivity index (χ0v) is 14.6. The Labute approximate surface area is 145 Å². The maximum Gasteiger partial charge on any atom is 0.241 e. The molecule has 3 aromatic rings. The van der Waals surface area contributed by atoms with Gasteiger partial charge in [-0.2, -0.15) is 4.98 Å². The van der Waals surface area contributed by atoms with Crippen LogP contribution in [0.5, 0.6) is 5.75 Å². The highest BCUT2D eigenvalue weighted by atomic mass is 16.5. The van der Waals surface area contributed by atoms with Crippen molar-refractivity contribution in [2.45, 2.75) is 26.4 Å². The summed E-state index contributed by atoms with van der Waals surface area (Å²) in [5.74, 6) is 3.93. The third-order valence-corrected chi connectivity index (χ3v) is 4.41. The van der Waals surface area contributed by atoms with E-state index in [1.54, 1.807) is 0 Å². The first kappa shape index (κ1) is 15.8. The van der Waals surface area contributed by atoms with Gasteiger partial charge >= 0.3 is 0 Å². The molecule has 4 rings (SSSR count). The van der Waals surface area contributed by atoms with E-state index in [-0.39, 0.29) is 0 Å². The molecule has 0 saturated carbocycles. The Kier molecular flexibility index (Phi) is 3.96. The Bertz CT molecular complexity index is 900. The van der Waals surface area contributed by atoms with E-state index in [4.69, 9.17) is 9.26 Å². The highest BCUT2D eigenvalue weighted by Crippen LogP contribution is 2.29. The van der Waals surface area contributed by atoms with Gasteiger partial charge in [-0.1, -0.05) is 5.16 Å². The van der Waals surface area contributed by atoms with E-state index < -0.39 is 0 Å². The minimum absolute atomic E-state index is 0.549. The fourth-order valence-electron chi connectivity index (χ4n) is 2.88. The number of benzene rings is 1. The Morgan fingerprint density at radius 3 is 2.92 bits per heavy atom. The SMILES string of the molecule is Cc1nnc(CN(C)Cc2nc(-c3ccc4c(c3)CCO4)no2)n1C. The summed E-state index contributed by atoms with van der Waals surface area (Å²) in [4.78, 5) is 6.58. The minimum atomic E-state index is 0.549. The second kappa shape index (κ2) is 6.29. The molecule has 8 heteroatoms.